The van der Waals surface area contributed by atoms with E-state index < -0.39 is 0 Å². The van der Waals surface area contributed by atoms with Gasteiger partial charge in [0.1, 0.15) is 5.82 Å². The Morgan fingerprint density at radius 1 is 1.15 bits per heavy atom. The van der Waals surface area contributed by atoms with Gasteiger partial charge in [0.05, 0.1) is 6.21 Å². The van der Waals surface area contributed by atoms with Crippen molar-refractivity contribution < 1.29 is 9.18 Å². The zero-order valence-corrected chi connectivity index (χ0v) is 11.1. The van der Waals surface area contributed by atoms with Gasteiger partial charge in [0.25, 0.3) is 5.91 Å². The molecule has 0 spiro atoms. The highest BCUT2D eigenvalue weighted by Crippen LogP contribution is 2.04. The molecule has 3 nitrogen and oxygen atoms in total. The molecule has 0 bridgehead atoms. The van der Waals surface area contributed by atoms with Crippen molar-refractivity contribution in [2.45, 2.75) is 13.3 Å². The van der Waals surface area contributed by atoms with Crippen LogP contribution < -0.4 is 5.43 Å². The quantitative estimate of drug-likeness (QED) is 0.673. The van der Waals surface area contributed by atoms with Crippen LogP contribution in [0.4, 0.5) is 4.39 Å². The van der Waals surface area contributed by atoms with Gasteiger partial charge >= 0.3 is 0 Å². The largest absolute Gasteiger partial charge is 0.271 e. The average molecular weight is 270 g/mol. The van der Waals surface area contributed by atoms with Gasteiger partial charge in [0.2, 0.25) is 0 Å². The molecule has 0 aliphatic rings. The smallest absolute Gasteiger partial charge is 0.267 e. The van der Waals surface area contributed by atoms with E-state index in [4.69, 9.17) is 0 Å². The van der Waals surface area contributed by atoms with E-state index in [-0.39, 0.29) is 11.7 Å². The Morgan fingerprint density at radius 3 is 2.40 bits per heavy atom. The Kier molecular flexibility index (Phi) is 4.60. The minimum absolute atomic E-state index is 0.366. The molecule has 0 heterocycles. The van der Waals surface area contributed by atoms with Crippen molar-refractivity contribution >= 4 is 12.1 Å². The third kappa shape index (κ3) is 3.75. The second-order valence-corrected chi connectivity index (χ2v) is 4.30. The molecule has 1 N–H and O–H groups in total. The Hall–Kier alpha value is -2.49. The van der Waals surface area contributed by atoms with E-state index in [1.165, 1.54) is 29.8 Å². The van der Waals surface area contributed by atoms with Crippen LogP contribution in [0.5, 0.6) is 0 Å². The Morgan fingerprint density at radius 2 is 1.80 bits per heavy atom. The number of nitrogens with one attached hydrogen (secondary N) is 1. The van der Waals surface area contributed by atoms with Gasteiger partial charge in [0, 0.05) is 5.56 Å². The molecule has 0 aromatic heterocycles. The van der Waals surface area contributed by atoms with Crippen LogP contribution in [0.25, 0.3) is 0 Å². The number of benzene rings is 2. The Balaban J connectivity index is 1.95. The van der Waals surface area contributed by atoms with Crippen LogP contribution in [0, 0.1) is 5.82 Å². The first-order chi connectivity index (χ1) is 9.69. The number of hydrazone groups is 1. The van der Waals surface area contributed by atoms with Crippen molar-refractivity contribution in [2.24, 2.45) is 5.10 Å². The third-order valence-electron chi connectivity index (χ3n) is 2.87. The van der Waals surface area contributed by atoms with E-state index in [1.54, 1.807) is 6.21 Å². The van der Waals surface area contributed by atoms with Gasteiger partial charge in [-0.05, 0) is 41.8 Å². The van der Waals surface area contributed by atoms with E-state index in [9.17, 15) is 9.18 Å². The Labute approximate surface area is 117 Å². The first-order valence-corrected chi connectivity index (χ1v) is 6.37. The van der Waals surface area contributed by atoms with Crippen molar-refractivity contribution in [3.63, 3.8) is 0 Å². The van der Waals surface area contributed by atoms with Gasteiger partial charge in [-0.2, -0.15) is 5.10 Å². The van der Waals surface area contributed by atoms with Crippen molar-refractivity contribution in [2.75, 3.05) is 0 Å². The molecule has 4 heteroatoms. The first-order valence-electron chi connectivity index (χ1n) is 6.37. The van der Waals surface area contributed by atoms with E-state index in [2.05, 4.69) is 17.5 Å². The number of amides is 1. The zero-order chi connectivity index (χ0) is 14.4. The summed E-state index contributed by atoms with van der Waals surface area (Å²) in [5, 5.41) is 3.88. The summed E-state index contributed by atoms with van der Waals surface area (Å²) in [5.74, 6) is -0.743. The molecule has 0 fully saturated rings. The molecule has 0 unspecified atom stereocenters. The molecule has 0 radical (unpaired) electrons. The normalized spacial score (nSPS) is 10.7. The van der Waals surface area contributed by atoms with Gasteiger partial charge in [-0.25, -0.2) is 9.82 Å². The van der Waals surface area contributed by atoms with E-state index in [0.29, 0.717) is 5.56 Å². The first kappa shape index (κ1) is 13.9. The molecule has 2 rings (SSSR count). The molecule has 102 valence electrons. The summed E-state index contributed by atoms with van der Waals surface area (Å²) < 4.78 is 12.7. The van der Waals surface area contributed by atoms with E-state index in [0.717, 1.165) is 12.0 Å². The molecule has 0 aliphatic carbocycles. The molecule has 1 amide bonds. The Bertz CT molecular complexity index is 603. The molecular weight excluding hydrogens is 255 g/mol. The van der Waals surface area contributed by atoms with Crippen LogP contribution in [0.15, 0.2) is 53.6 Å². The number of aryl methyl sites for hydroxylation is 1. The van der Waals surface area contributed by atoms with Crippen LogP contribution in [0.1, 0.15) is 28.4 Å². The van der Waals surface area contributed by atoms with Crippen molar-refractivity contribution in [3.05, 3.63) is 71.0 Å². The highest BCUT2D eigenvalue weighted by atomic mass is 19.1. The van der Waals surface area contributed by atoms with Crippen molar-refractivity contribution in [1.82, 2.24) is 5.43 Å². The maximum Gasteiger partial charge on any atom is 0.271 e. The monoisotopic (exact) mass is 270 g/mol. The van der Waals surface area contributed by atoms with Crippen LogP contribution in [-0.2, 0) is 6.42 Å². The highest BCUT2D eigenvalue weighted by Gasteiger charge is 2.03. The summed E-state index contributed by atoms with van der Waals surface area (Å²) in [7, 11) is 0. The average Bonchev–Trinajstić information content (AvgIpc) is 2.48. The summed E-state index contributed by atoms with van der Waals surface area (Å²) in [4.78, 5) is 11.7. The topological polar surface area (TPSA) is 41.5 Å². The molecule has 0 saturated heterocycles. The summed E-state index contributed by atoms with van der Waals surface area (Å²) in [5.41, 5.74) is 4.92. The molecular formula is C16H15FN2O. The number of rotatable bonds is 4. The van der Waals surface area contributed by atoms with Crippen LogP contribution in [0.3, 0.4) is 0 Å². The number of hydrogen-bond acceptors (Lipinski definition) is 2. The van der Waals surface area contributed by atoms with Gasteiger partial charge in [-0.1, -0.05) is 31.2 Å². The maximum absolute atomic E-state index is 12.7. The fourth-order valence-corrected chi connectivity index (χ4v) is 1.67. The standard InChI is InChI=1S/C16H15FN2O/c1-2-12-3-5-13(6-4-12)11-18-19-16(20)14-7-9-15(17)10-8-14/h3-11H,2H2,1H3,(H,19,20). The van der Waals surface area contributed by atoms with E-state index in [1.807, 2.05) is 24.3 Å². The summed E-state index contributed by atoms with van der Waals surface area (Å²) in [6.07, 6.45) is 2.56. The lowest BCUT2D eigenvalue weighted by Gasteiger charge is -2.00. The molecule has 0 saturated carbocycles. The van der Waals surface area contributed by atoms with Crippen molar-refractivity contribution in [1.29, 1.82) is 0 Å². The number of carbonyl (C=O) groups is 1. The SMILES string of the molecule is CCc1ccc(C=NNC(=O)c2ccc(F)cc2)cc1. The fourth-order valence-electron chi connectivity index (χ4n) is 1.67. The lowest BCUT2D eigenvalue weighted by Crippen LogP contribution is -2.17. The summed E-state index contributed by atoms with van der Waals surface area (Å²) >= 11 is 0. The minimum Gasteiger partial charge on any atom is -0.267 e. The number of nitrogens with zero attached hydrogens (tertiary/aromatic N) is 1. The molecule has 2 aromatic carbocycles. The molecule has 20 heavy (non-hydrogen) atoms. The number of hydrogen-bond donors (Lipinski definition) is 1. The second kappa shape index (κ2) is 6.61. The van der Waals surface area contributed by atoms with Crippen molar-refractivity contribution in [3.8, 4) is 0 Å². The second-order valence-electron chi connectivity index (χ2n) is 4.30. The van der Waals surface area contributed by atoms with Gasteiger partial charge in [0.15, 0.2) is 0 Å². The molecule has 2 aromatic rings. The number of halogens is 1. The third-order valence-corrected chi connectivity index (χ3v) is 2.87. The number of carbonyl (C=O) groups excluding carboxylic acids is 1. The van der Waals surface area contributed by atoms with Gasteiger partial charge < -0.3 is 0 Å². The lowest BCUT2D eigenvalue weighted by molar-refractivity contribution is 0.0955. The predicted molar refractivity (Wildman–Crippen MR) is 77.3 cm³/mol. The van der Waals surface area contributed by atoms with Gasteiger partial charge in [-0.15, -0.1) is 0 Å². The molecule has 0 atom stereocenters. The van der Waals surface area contributed by atoms with Crippen LogP contribution in [-0.4, -0.2) is 12.1 Å². The van der Waals surface area contributed by atoms with Gasteiger partial charge in [-0.3, -0.25) is 4.79 Å². The lowest BCUT2D eigenvalue weighted by atomic mass is 10.1. The summed E-state index contributed by atoms with van der Waals surface area (Å²) in [6.45, 7) is 2.09. The minimum atomic E-state index is -0.374. The van der Waals surface area contributed by atoms with Crippen LogP contribution in [0.2, 0.25) is 0 Å². The fraction of sp³-hybridized carbons (Fsp3) is 0.125. The van der Waals surface area contributed by atoms with Crippen LogP contribution >= 0.6 is 0 Å². The predicted octanol–water partition coefficient (Wildman–Crippen LogP) is 3.15. The zero-order valence-electron chi connectivity index (χ0n) is 11.1. The molecule has 0 aliphatic heterocycles. The van der Waals surface area contributed by atoms with E-state index >= 15 is 0 Å². The highest BCUT2D eigenvalue weighted by molar-refractivity contribution is 5.94. The summed E-state index contributed by atoms with van der Waals surface area (Å²) in [6, 6.07) is 13.2. The maximum atomic E-state index is 12.7.